The van der Waals surface area contributed by atoms with E-state index in [1.165, 1.54) is 11.8 Å². The number of carbonyl (C=O) groups excluding carboxylic acids is 1. The molecule has 0 saturated carbocycles. The zero-order valence-corrected chi connectivity index (χ0v) is 15.0. The van der Waals surface area contributed by atoms with Crippen LogP contribution in [0, 0.1) is 0 Å². The molecule has 0 unspecified atom stereocenters. The van der Waals surface area contributed by atoms with Crippen LogP contribution in [0.15, 0.2) is 71.5 Å². The van der Waals surface area contributed by atoms with Crippen molar-refractivity contribution in [3.8, 4) is 0 Å². The number of nitrogens with one attached hydrogen (secondary N) is 2. The molecule has 126 valence electrons. The van der Waals surface area contributed by atoms with Crippen molar-refractivity contribution in [1.82, 2.24) is 9.97 Å². The Morgan fingerprint density at radius 2 is 1.84 bits per heavy atom. The van der Waals surface area contributed by atoms with Gasteiger partial charge in [-0.3, -0.25) is 4.79 Å². The summed E-state index contributed by atoms with van der Waals surface area (Å²) in [4.78, 5) is 20.6. The van der Waals surface area contributed by atoms with Gasteiger partial charge in [-0.05, 0) is 30.2 Å². The molecule has 0 aliphatic carbocycles. The Balaban J connectivity index is 1.53. The zero-order valence-electron chi connectivity index (χ0n) is 13.4. The zero-order chi connectivity index (χ0) is 17.5. The minimum Gasteiger partial charge on any atom is -0.368 e. The minimum atomic E-state index is -0.290. The number of aromatic nitrogens is 2. The predicted octanol–water partition coefficient (Wildman–Crippen LogP) is 4.15. The smallest absolute Gasteiger partial charge is 0.275 e. The van der Waals surface area contributed by atoms with Crippen LogP contribution in [-0.2, 0) is 6.42 Å². The van der Waals surface area contributed by atoms with E-state index in [4.69, 9.17) is 0 Å². The van der Waals surface area contributed by atoms with Crippen LogP contribution in [0.2, 0.25) is 0 Å². The molecule has 2 aromatic carbocycles. The SMILES string of the molecule is O=C(Nc1cccc(Br)c1)c1cnc(NCCc2ccccc2)cn1. The topological polar surface area (TPSA) is 66.9 Å². The molecule has 2 N–H and O–H groups in total. The van der Waals surface area contributed by atoms with Crippen molar-refractivity contribution in [2.75, 3.05) is 17.2 Å². The summed E-state index contributed by atoms with van der Waals surface area (Å²) in [6, 6.07) is 17.6. The first kappa shape index (κ1) is 17.1. The number of carbonyl (C=O) groups is 1. The van der Waals surface area contributed by atoms with Crippen molar-refractivity contribution in [2.24, 2.45) is 0 Å². The monoisotopic (exact) mass is 396 g/mol. The van der Waals surface area contributed by atoms with Gasteiger partial charge in [0.15, 0.2) is 0 Å². The third-order valence-corrected chi connectivity index (χ3v) is 4.02. The lowest BCUT2D eigenvalue weighted by molar-refractivity contribution is 0.102. The van der Waals surface area contributed by atoms with Gasteiger partial charge >= 0.3 is 0 Å². The van der Waals surface area contributed by atoms with E-state index >= 15 is 0 Å². The van der Waals surface area contributed by atoms with Crippen molar-refractivity contribution < 1.29 is 4.79 Å². The number of hydrogen-bond donors (Lipinski definition) is 2. The molecule has 25 heavy (non-hydrogen) atoms. The molecule has 3 rings (SSSR count). The van der Waals surface area contributed by atoms with Gasteiger partial charge in [-0.15, -0.1) is 0 Å². The van der Waals surface area contributed by atoms with E-state index in [-0.39, 0.29) is 11.6 Å². The third-order valence-electron chi connectivity index (χ3n) is 3.53. The van der Waals surface area contributed by atoms with Gasteiger partial charge in [0, 0.05) is 16.7 Å². The maximum absolute atomic E-state index is 12.2. The molecule has 0 radical (unpaired) electrons. The Labute approximate surface area is 154 Å². The van der Waals surface area contributed by atoms with E-state index in [9.17, 15) is 4.79 Å². The molecule has 0 fully saturated rings. The number of amides is 1. The summed E-state index contributed by atoms with van der Waals surface area (Å²) in [6.07, 6.45) is 3.94. The van der Waals surface area contributed by atoms with Crippen LogP contribution >= 0.6 is 15.9 Å². The molecule has 5 nitrogen and oxygen atoms in total. The summed E-state index contributed by atoms with van der Waals surface area (Å²) >= 11 is 3.37. The largest absolute Gasteiger partial charge is 0.368 e. The lowest BCUT2D eigenvalue weighted by atomic mass is 10.1. The number of rotatable bonds is 6. The predicted molar refractivity (Wildman–Crippen MR) is 103 cm³/mol. The maximum Gasteiger partial charge on any atom is 0.275 e. The van der Waals surface area contributed by atoms with Crippen molar-refractivity contribution >= 4 is 33.3 Å². The van der Waals surface area contributed by atoms with Crippen molar-refractivity contribution in [3.05, 3.63) is 82.7 Å². The Morgan fingerprint density at radius 1 is 1.00 bits per heavy atom. The van der Waals surface area contributed by atoms with Crippen LogP contribution in [0.25, 0.3) is 0 Å². The van der Waals surface area contributed by atoms with Crippen LogP contribution in [0.1, 0.15) is 16.1 Å². The number of anilines is 2. The first-order chi connectivity index (χ1) is 12.2. The molecular weight excluding hydrogens is 380 g/mol. The molecule has 0 aliphatic heterocycles. The third kappa shape index (κ3) is 5.12. The first-order valence-electron chi connectivity index (χ1n) is 7.87. The van der Waals surface area contributed by atoms with Crippen LogP contribution < -0.4 is 10.6 Å². The molecule has 0 bridgehead atoms. The van der Waals surface area contributed by atoms with Gasteiger partial charge in [-0.25, -0.2) is 9.97 Å². The van der Waals surface area contributed by atoms with Crippen LogP contribution in [-0.4, -0.2) is 22.4 Å². The normalized spacial score (nSPS) is 10.3. The van der Waals surface area contributed by atoms with Crippen LogP contribution in [0.4, 0.5) is 11.5 Å². The highest BCUT2D eigenvalue weighted by Crippen LogP contribution is 2.16. The average molecular weight is 397 g/mol. The highest BCUT2D eigenvalue weighted by molar-refractivity contribution is 9.10. The van der Waals surface area contributed by atoms with E-state index < -0.39 is 0 Å². The molecule has 0 spiro atoms. The molecule has 0 saturated heterocycles. The van der Waals surface area contributed by atoms with Crippen LogP contribution in [0.3, 0.4) is 0 Å². The molecule has 1 amide bonds. The molecule has 0 aliphatic rings. The van der Waals surface area contributed by atoms with Gasteiger partial charge in [0.1, 0.15) is 11.5 Å². The summed E-state index contributed by atoms with van der Waals surface area (Å²) in [5, 5.41) is 6.00. The van der Waals surface area contributed by atoms with Crippen molar-refractivity contribution in [1.29, 1.82) is 0 Å². The number of nitrogens with zero attached hydrogens (tertiary/aromatic N) is 2. The fraction of sp³-hybridized carbons (Fsp3) is 0.105. The van der Waals surface area contributed by atoms with Crippen molar-refractivity contribution in [2.45, 2.75) is 6.42 Å². The van der Waals surface area contributed by atoms with E-state index in [1.54, 1.807) is 6.20 Å². The molecular formula is C19H17BrN4O. The highest BCUT2D eigenvalue weighted by atomic mass is 79.9. The standard InChI is InChI=1S/C19H17BrN4O/c20-15-7-4-8-16(11-15)24-19(25)17-12-23-18(13-22-17)21-10-9-14-5-2-1-3-6-14/h1-8,11-13H,9-10H2,(H,21,23)(H,24,25). The summed E-state index contributed by atoms with van der Waals surface area (Å²) in [5.41, 5.74) is 2.23. The second kappa shape index (κ2) is 8.39. The van der Waals surface area contributed by atoms with Gasteiger partial charge in [0.2, 0.25) is 0 Å². The quantitative estimate of drug-likeness (QED) is 0.656. The first-order valence-corrected chi connectivity index (χ1v) is 8.67. The summed E-state index contributed by atoms with van der Waals surface area (Å²) in [6.45, 7) is 0.752. The van der Waals surface area contributed by atoms with Gasteiger partial charge in [0.25, 0.3) is 5.91 Å². The second-order valence-corrected chi connectivity index (χ2v) is 6.33. The summed E-state index contributed by atoms with van der Waals surface area (Å²) < 4.78 is 0.898. The fourth-order valence-electron chi connectivity index (χ4n) is 2.28. The lowest BCUT2D eigenvalue weighted by Crippen LogP contribution is -2.15. The maximum atomic E-state index is 12.2. The minimum absolute atomic E-state index is 0.272. The summed E-state index contributed by atoms with van der Waals surface area (Å²) in [7, 11) is 0. The van der Waals surface area contributed by atoms with E-state index in [2.05, 4.69) is 48.7 Å². The highest BCUT2D eigenvalue weighted by Gasteiger charge is 2.08. The number of hydrogen-bond acceptors (Lipinski definition) is 4. The lowest BCUT2D eigenvalue weighted by Gasteiger charge is -2.07. The Morgan fingerprint density at radius 3 is 2.56 bits per heavy atom. The second-order valence-electron chi connectivity index (χ2n) is 5.41. The molecule has 0 atom stereocenters. The van der Waals surface area contributed by atoms with Crippen LogP contribution in [0.5, 0.6) is 0 Å². The van der Waals surface area contributed by atoms with Gasteiger partial charge < -0.3 is 10.6 Å². The Bertz CT molecular complexity index is 838. The average Bonchev–Trinajstić information content (AvgIpc) is 2.63. The summed E-state index contributed by atoms with van der Waals surface area (Å²) in [5.74, 6) is 0.358. The van der Waals surface area contributed by atoms with Crippen molar-refractivity contribution in [3.63, 3.8) is 0 Å². The Kier molecular flexibility index (Phi) is 5.74. The van der Waals surface area contributed by atoms with E-state index in [0.29, 0.717) is 11.5 Å². The van der Waals surface area contributed by atoms with Gasteiger partial charge in [0.05, 0.1) is 12.4 Å². The number of halogens is 1. The van der Waals surface area contributed by atoms with Gasteiger partial charge in [-0.1, -0.05) is 52.3 Å². The number of benzene rings is 2. The van der Waals surface area contributed by atoms with Gasteiger partial charge in [-0.2, -0.15) is 0 Å². The molecule has 3 aromatic rings. The fourth-order valence-corrected chi connectivity index (χ4v) is 2.68. The molecule has 6 heteroatoms. The Hall–Kier alpha value is -2.73. The van der Waals surface area contributed by atoms with E-state index in [1.807, 2.05) is 42.5 Å². The molecule has 1 aromatic heterocycles. The molecule has 1 heterocycles. The van der Waals surface area contributed by atoms with E-state index in [0.717, 1.165) is 17.4 Å².